The number of thiocarbonyl (C=S) groups is 1. The summed E-state index contributed by atoms with van der Waals surface area (Å²) in [4.78, 5) is 15.3. The molecule has 1 fully saturated rings. The van der Waals surface area contributed by atoms with Crippen LogP contribution in [0.2, 0.25) is 0 Å². The number of rotatable bonds is 8. The third-order valence-electron chi connectivity index (χ3n) is 6.07. The molecule has 1 heterocycles. The predicted molar refractivity (Wildman–Crippen MR) is 153 cm³/mol. The van der Waals surface area contributed by atoms with Gasteiger partial charge in [0.15, 0.2) is 11.5 Å². The second-order valence-corrected chi connectivity index (χ2v) is 10.2. The van der Waals surface area contributed by atoms with E-state index in [4.69, 9.17) is 26.4 Å². The van der Waals surface area contributed by atoms with E-state index in [9.17, 15) is 4.79 Å². The molecule has 0 saturated carbocycles. The van der Waals surface area contributed by atoms with Gasteiger partial charge in [0.1, 0.15) is 16.7 Å². The Balaban J connectivity index is 1.28. The smallest absolute Gasteiger partial charge is 0.266 e. The highest BCUT2D eigenvalue weighted by Crippen LogP contribution is 2.36. The first-order valence-corrected chi connectivity index (χ1v) is 12.9. The van der Waals surface area contributed by atoms with Crippen molar-refractivity contribution in [2.24, 2.45) is 0 Å². The molecule has 0 atom stereocenters. The number of methoxy groups -OCH3 is 2. The van der Waals surface area contributed by atoms with E-state index in [0.717, 1.165) is 22.4 Å². The van der Waals surface area contributed by atoms with Crippen LogP contribution < -0.4 is 14.2 Å². The zero-order chi connectivity index (χ0) is 25.8. The van der Waals surface area contributed by atoms with Crippen LogP contribution in [0, 0.1) is 0 Å². The van der Waals surface area contributed by atoms with Crippen molar-refractivity contribution in [3.63, 3.8) is 0 Å². The van der Waals surface area contributed by atoms with E-state index in [1.807, 2.05) is 60.7 Å². The number of benzene rings is 4. The summed E-state index contributed by atoms with van der Waals surface area (Å²) in [6.45, 7) is 0.835. The van der Waals surface area contributed by atoms with Gasteiger partial charge in [-0.3, -0.25) is 9.69 Å². The van der Waals surface area contributed by atoms with Gasteiger partial charge in [-0.1, -0.05) is 78.6 Å². The molecule has 0 N–H and O–H groups in total. The molecule has 7 heteroatoms. The Morgan fingerprint density at radius 1 is 0.838 bits per heavy atom. The van der Waals surface area contributed by atoms with Gasteiger partial charge in [0.05, 0.1) is 25.7 Å². The second-order valence-electron chi connectivity index (χ2n) is 8.50. The molecule has 1 amide bonds. The van der Waals surface area contributed by atoms with Crippen LogP contribution in [0.3, 0.4) is 0 Å². The highest BCUT2D eigenvalue weighted by atomic mass is 32.2. The van der Waals surface area contributed by atoms with E-state index in [0.29, 0.717) is 33.9 Å². The molecule has 1 aliphatic heterocycles. The van der Waals surface area contributed by atoms with Gasteiger partial charge in [-0.15, -0.1) is 0 Å². The molecule has 186 valence electrons. The van der Waals surface area contributed by atoms with Crippen LogP contribution in [-0.4, -0.2) is 29.3 Å². The van der Waals surface area contributed by atoms with E-state index in [2.05, 4.69) is 30.3 Å². The summed E-state index contributed by atoms with van der Waals surface area (Å²) in [6.07, 6.45) is 1.84. The van der Waals surface area contributed by atoms with E-state index in [-0.39, 0.29) is 5.91 Å². The Kier molecular flexibility index (Phi) is 7.44. The van der Waals surface area contributed by atoms with E-state index >= 15 is 0 Å². The number of nitrogens with zero attached hydrogens (tertiary/aromatic N) is 1. The van der Waals surface area contributed by atoms with Crippen LogP contribution >= 0.6 is 24.0 Å². The lowest BCUT2D eigenvalue weighted by Gasteiger charge is -2.14. The SMILES string of the molecule is COc1ccc(CN2C(=O)C(=Cc3ccc(OCc4ccc5ccccc5c4)c(OC)c3)SC2=S)cc1. The molecular formula is C30H25NO4S2. The highest BCUT2D eigenvalue weighted by Gasteiger charge is 2.32. The maximum atomic E-state index is 13.1. The molecule has 4 aromatic rings. The van der Waals surface area contributed by atoms with E-state index < -0.39 is 0 Å². The number of thioether (sulfide) groups is 1. The molecular weight excluding hydrogens is 502 g/mol. The van der Waals surface area contributed by atoms with E-state index in [1.165, 1.54) is 22.5 Å². The Morgan fingerprint density at radius 2 is 1.59 bits per heavy atom. The maximum absolute atomic E-state index is 13.1. The number of fused-ring (bicyclic) bond motifs is 1. The lowest BCUT2D eigenvalue weighted by atomic mass is 10.1. The zero-order valence-corrected chi connectivity index (χ0v) is 22.1. The first kappa shape index (κ1) is 24.9. The van der Waals surface area contributed by atoms with Gasteiger partial charge in [-0.25, -0.2) is 0 Å². The summed E-state index contributed by atoms with van der Waals surface area (Å²) < 4.78 is 17.4. The van der Waals surface area contributed by atoms with Gasteiger partial charge < -0.3 is 14.2 Å². The molecule has 1 saturated heterocycles. The van der Waals surface area contributed by atoms with E-state index in [1.54, 1.807) is 19.1 Å². The van der Waals surface area contributed by atoms with Crippen LogP contribution in [0.15, 0.2) is 89.8 Å². The van der Waals surface area contributed by atoms with Crippen LogP contribution in [0.5, 0.6) is 17.2 Å². The normalized spacial score (nSPS) is 14.4. The number of ether oxygens (including phenoxy) is 3. The molecule has 0 radical (unpaired) electrons. The fraction of sp³-hybridized carbons (Fsp3) is 0.133. The van der Waals surface area contributed by atoms with Crippen LogP contribution in [0.25, 0.3) is 16.8 Å². The minimum absolute atomic E-state index is 0.110. The summed E-state index contributed by atoms with van der Waals surface area (Å²) in [7, 11) is 3.23. The summed E-state index contributed by atoms with van der Waals surface area (Å²) in [5, 5.41) is 2.37. The largest absolute Gasteiger partial charge is 0.497 e. The average Bonchev–Trinajstić information content (AvgIpc) is 3.19. The summed E-state index contributed by atoms with van der Waals surface area (Å²) >= 11 is 6.80. The zero-order valence-electron chi connectivity index (χ0n) is 20.5. The Bertz CT molecular complexity index is 1500. The lowest BCUT2D eigenvalue weighted by Crippen LogP contribution is -2.27. The molecule has 0 aliphatic carbocycles. The summed E-state index contributed by atoms with van der Waals surface area (Å²) in [5.41, 5.74) is 2.89. The van der Waals surface area contributed by atoms with Crippen molar-refractivity contribution < 1.29 is 19.0 Å². The van der Waals surface area contributed by atoms with Gasteiger partial charge in [-0.2, -0.15) is 0 Å². The Hall–Kier alpha value is -3.81. The number of hydrogen-bond donors (Lipinski definition) is 0. The molecule has 4 aromatic carbocycles. The topological polar surface area (TPSA) is 48.0 Å². The standard InChI is InChI=1S/C30H25NO4S2/c1-33-25-12-8-20(9-13-25)18-31-29(32)28(37-30(31)36)17-21-10-14-26(27(16-21)34-2)35-19-22-7-11-23-5-3-4-6-24(23)15-22/h3-17H,18-19H2,1-2H3. The minimum Gasteiger partial charge on any atom is -0.497 e. The number of carbonyl (C=O) groups excluding carboxylic acids is 1. The quantitative estimate of drug-likeness (QED) is 0.185. The van der Waals surface area contributed by atoms with Crippen molar-refractivity contribution in [3.8, 4) is 17.2 Å². The molecule has 0 spiro atoms. The molecule has 0 unspecified atom stereocenters. The molecule has 5 nitrogen and oxygen atoms in total. The highest BCUT2D eigenvalue weighted by molar-refractivity contribution is 8.26. The first-order valence-electron chi connectivity index (χ1n) is 11.7. The molecule has 5 rings (SSSR count). The third kappa shape index (κ3) is 5.63. The fourth-order valence-corrected chi connectivity index (χ4v) is 5.34. The third-order valence-corrected chi connectivity index (χ3v) is 7.44. The fourth-order valence-electron chi connectivity index (χ4n) is 4.08. The summed E-state index contributed by atoms with van der Waals surface area (Å²) in [5.74, 6) is 1.90. The van der Waals surface area contributed by atoms with Crippen molar-refractivity contribution in [1.82, 2.24) is 4.90 Å². The molecule has 37 heavy (non-hydrogen) atoms. The van der Waals surface area contributed by atoms with Crippen LogP contribution in [-0.2, 0) is 17.9 Å². The maximum Gasteiger partial charge on any atom is 0.266 e. The van der Waals surface area contributed by atoms with Gasteiger partial charge in [0.2, 0.25) is 0 Å². The van der Waals surface area contributed by atoms with Crippen molar-refractivity contribution in [3.05, 3.63) is 107 Å². The van der Waals surface area contributed by atoms with Crippen molar-refractivity contribution >= 4 is 51.1 Å². The average molecular weight is 528 g/mol. The van der Waals surface area contributed by atoms with Gasteiger partial charge >= 0.3 is 0 Å². The predicted octanol–water partition coefficient (Wildman–Crippen LogP) is 6.84. The van der Waals surface area contributed by atoms with Crippen molar-refractivity contribution in [1.29, 1.82) is 0 Å². The first-order chi connectivity index (χ1) is 18.0. The minimum atomic E-state index is -0.110. The Morgan fingerprint density at radius 3 is 2.35 bits per heavy atom. The molecule has 0 bridgehead atoms. The molecule has 1 aliphatic rings. The second kappa shape index (κ2) is 11.1. The Labute approximate surface area is 225 Å². The van der Waals surface area contributed by atoms with Gasteiger partial charge in [-0.05, 0) is 63.9 Å². The molecule has 0 aromatic heterocycles. The van der Waals surface area contributed by atoms with Crippen LogP contribution in [0.4, 0.5) is 0 Å². The number of amides is 1. The lowest BCUT2D eigenvalue weighted by molar-refractivity contribution is -0.122. The van der Waals surface area contributed by atoms with Gasteiger partial charge in [0, 0.05) is 0 Å². The van der Waals surface area contributed by atoms with Crippen molar-refractivity contribution in [2.75, 3.05) is 14.2 Å². The number of carbonyl (C=O) groups is 1. The van der Waals surface area contributed by atoms with Crippen molar-refractivity contribution in [2.45, 2.75) is 13.2 Å². The van der Waals surface area contributed by atoms with Gasteiger partial charge in [0.25, 0.3) is 5.91 Å². The number of hydrogen-bond acceptors (Lipinski definition) is 6. The monoisotopic (exact) mass is 527 g/mol. The summed E-state index contributed by atoms with van der Waals surface area (Å²) in [6, 6.07) is 27.8. The van der Waals surface area contributed by atoms with Crippen LogP contribution in [0.1, 0.15) is 16.7 Å².